The van der Waals surface area contributed by atoms with E-state index in [0.717, 1.165) is 35.4 Å². The number of carbonyl (C=O) groups excluding carboxylic acids is 1. The van der Waals surface area contributed by atoms with Crippen LogP contribution < -0.4 is 16.7 Å². The number of fused-ring (bicyclic) bond motifs is 1. The van der Waals surface area contributed by atoms with E-state index in [0.29, 0.717) is 13.2 Å². The zero-order valence-electron chi connectivity index (χ0n) is 18.9. The molecule has 1 atom stereocenters. The fourth-order valence-corrected chi connectivity index (χ4v) is 3.68. The molecule has 0 aliphatic carbocycles. The summed E-state index contributed by atoms with van der Waals surface area (Å²) in [6, 6.07) is 0. The lowest BCUT2D eigenvalue weighted by Crippen LogP contribution is -2.41. The number of amides is 1. The molecule has 3 N–H and O–H groups in total. The highest BCUT2D eigenvalue weighted by Crippen LogP contribution is 2.17. The average molecular weight is 456 g/mol. The molecule has 1 amide bonds. The summed E-state index contributed by atoms with van der Waals surface area (Å²) in [5.74, 6) is 1.35. The predicted molar refractivity (Wildman–Crippen MR) is 119 cm³/mol. The number of hydrogen-bond donors (Lipinski definition) is 2. The number of ether oxygens (including phenoxy) is 2. The van der Waals surface area contributed by atoms with Crippen LogP contribution in [0.15, 0.2) is 11.1 Å². The zero-order valence-corrected chi connectivity index (χ0v) is 19.7. The third-order valence-electron chi connectivity index (χ3n) is 4.90. The lowest BCUT2D eigenvalue weighted by molar-refractivity contribution is -0.0644. The topological polar surface area (TPSA) is 139 Å². The van der Waals surface area contributed by atoms with E-state index in [1.54, 1.807) is 18.9 Å². The molecule has 0 bridgehead atoms. The van der Waals surface area contributed by atoms with Gasteiger partial charge in [0.05, 0.1) is 12.2 Å². The Morgan fingerprint density at radius 1 is 1.29 bits per heavy atom. The summed E-state index contributed by atoms with van der Waals surface area (Å²) in [5, 5.41) is 10.4. The molecule has 0 saturated heterocycles. The van der Waals surface area contributed by atoms with Crippen LogP contribution in [0.2, 0.25) is 0 Å². The van der Waals surface area contributed by atoms with Gasteiger partial charge in [0.1, 0.15) is 12.1 Å². The highest BCUT2D eigenvalue weighted by molar-refractivity contribution is 7.99. The summed E-state index contributed by atoms with van der Waals surface area (Å²) in [6.45, 7) is 6.96. The average Bonchev–Trinajstić information content (AvgIpc) is 3.14. The monoisotopic (exact) mass is 455 g/mol. The maximum atomic E-state index is 12.3. The second kappa shape index (κ2) is 11.0. The van der Waals surface area contributed by atoms with E-state index in [1.165, 1.54) is 17.8 Å². The number of nitrogens with zero attached hydrogens (tertiary/aromatic N) is 5. The Morgan fingerprint density at radius 2 is 2.03 bits per heavy atom. The van der Waals surface area contributed by atoms with Crippen molar-refractivity contribution in [3.63, 3.8) is 0 Å². The second-order valence-electron chi connectivity index (χ2n) is 8.13. The Morgan fingerprint density at radius 3 is 2.74 bits per heavy atom. The van der Waals surface area contributed by atoms with Crippen molar-refractivity contribution in [3.8, 4) is 0 Å². The standard InChI is InChI=1S/C19H33N7O4S/c1-18(2,29-5)7-10-30-19(3,20)8-12-31-11-6-9-21-16(27)14-15-23-24-25(4)17(28)26(15)13-22-14/h13H,6-12,20H2,1-5H3,(H,21,27). The summed E-state index contributed by atoms with van der Waals surface area (Å²) >= 11 is 1.76. The molecule has 0 aliphatic heterocycles. The fourth-order valence-electron chi connectivity index (χ4n) is 2.58. The summed E-state index contributed by atoms with van der Waals surface area (Å²) in [7, 11) is 3.17. The summed E-state index contributed by atoms with van der Waals surface area (Å²) in [5.41, 5.74) is 5.14. The van der Waals surface area contributed by atoms with Crippen LogP contribution in [-0.4, -0.2) is 73.4 Å². The van der Waals surface area contributed by atoms with E-state index in [4.69, 9.17) is 15.2 Å². The predicted octanol–water partition coefficient (Wildman–Crippen LogP) is 0.573. The quantitative estimate of drug-likeness (QED) is 0.328. The maximum Gasteiger partial charge on any atom is 0.352 e. The Hall–Kier alpha value is -2.02. The number of aromatic nitrogens is 5. The van der Waals surface area contributed by atoms with Crippen LogP contribution in [0, 0.1) is 0 Å². The summed E-state index contributed by atoms with van der Waals surface area (Å²) in [6.07, 6.45) is 3.57. The molecular formula is C19H33N7O4S. The first-order valence-electron chi connectivity index (χ1n) is 10.2. The zero-order chi connectivity index (χ0) is 23.1. The van der Waals surface area contributed by atoms with Crippen molar-refractivity contribution in [1.82, 2.24) is 29.7 Å². The van der Waals surface area contributed by atoms with Gasteiger partial charge in [0.25, 0.3) is 5.91 Å². The van der Waals surface area contributed by atoms with Crippen LogP contribution >= 0.6 is 11.8 Å². The number of carbonyl (C=O) groups is 1. The molecule has 2 rings (SSSR count). The van der Waals surface area contributed by atoms with Gasteiger partial charge in [-0.05, 0) is 51.5 Å². The molecule has 0 saturated carbocycles. The number of imidazole rings is 1. The van der Waals surface area contributed by atoms with Crippen LogP contribution in [-0.2, 0) is 16.5 Å². The molecule has 12 heteroatoms. The number of nitrogens with one attached hydrogen (secondary N) is 1. The van der Waals surface area contributed by atoms with Gasteiger partial charge in [0.2, 0.25) is 0 Å². The Labute approximate surface area is 186 Å². The third kappa shape index (κ3) is 7.56. The Bertz CT molecular complexity index is 926. The molecule has 0 aliphatic rings. The second-order valence-corrected chi connectivity index (χ2v) is 9.35. The minimum Gasteiger partial charge on any atom is -0.379 e. The molecule has 2 heterocycles. The molecule has 31 heavy (non-hydrogen) atoms. The van der Waals surface area contributed by atoms with Gasteiger partial charge in [-0.15, -0.1) is 5.10 Å². The minimum absolute atomic E-state index is 0.0885. The number of rotatable bonds is 13. The van der Waals surface area contributed by atoms with E-state index in [2.05, 4.69) is 20.6 Å². The van der Waals surface area contributed by atoms with Gasteiger partial charge < -0.3 is 20.5 Å². The van der Waals surface area contributed by atoms with Gasteiger partial charge in [-0.3, -0.25) is 4.79 Å². The van der Waals surface area contributed by atoms with Crippen LogP contribution in [0.25, 0.3) is 5.65 Å². The van der Waals surface area contributed by atoms with E-state index < -0.39 is 11.4 Å². The normalized spacial score (nSPS) is 14.0. The molecule has 2 aromatic rings. The van der Waals surface area contributed by atoms with E-state index in [-0.39, 0.29) is 22.8 Å². The molecular weight excluding hydrogens is 422 g/mol. The van der Waals surface area contributed by atoms with E-state index >= 15 is 0 Å². The van der Waals surface area contributed by atoms with Crippen LogP contribution in [0.3, 0.4) is 0 Å². The lowest BCUT2D eigenvalue weighted by Gasteiger charge is -2.28. The summed E-state index contributed by atoms with van der Waals surface area (Å²) in [4.78, 5) is 28.2. The highest BCUT2D eigenvalue weighted by atomic mass is 32.2. The van der Waals surface area contributed by atoms with Crippen molar-refractivity contribution >= 4 is 23.3 Å². The Kier molecular flexibility index (Phi) is 8.98. The number of methoxy groups -OCH3 is 1. The maximum absolute atomic E-state index is 12.3. The molecule has 11 nitrogen and oxygen atoms in total. The van der Waals surface area contributed by atoms with Crippen LogP contribution in [0.5, 0.6) is 0 Å². The number of thioether (sulfide) groups is 1. The van der Waals surface area contributed by atoms with Gasteiger partial charge in [-0.25, -0.2) is 14.2 Å². The molecule has 0 spiro atoms. The molecule has 2 aromatic heterocycles. The van der Waals surface area contributed by atoms with Crippen LogP contribution in [0.1, 0.15) is 50.5 Å². The van der Waals surface area contributed by atoms with Gasteiger partial charge in [-0.1, -0.05) is 5.21 Å². The number of aryl methyl sites for hydroxylation is 1. The molecule has 0 radical (unpaired) electrons. The number of nitrogens with two attached hydrogens (primary N) is 1. The van der Waals surface area contributed by atoms with Crippen molar-refractivity contribution in [2.24, 2.45) is 12.8 Å². The van der Waals surface area contributed by atoms with Crippen molar-refractivity contribution in [1.29, 1.82) is 0 Å². The SMILES string of the molecule is COC(C)(C)CCOC(C)(N)CCSCCCNC(=O)c1ncn2c(=O)n(C)nnc12. The first-order chi connectivity index (χ1) is 14.6. The first-order valence-corrected chi connectivity index (χ1v) is 11.3. The van der Waals surface area contributed by atoms with Gasteiger partial charge in [0.15, 0.2) is 11.3 Å². The largest absolute Gasteiger partial charge is 0.379 e. The summed E-state index contributed by atoms with van der Waals surface area (Å²) < 4.78 is 13.4. The smallest absolute Gasteiger partial charge is 0.352 e. The highest BCUT2D eigenvalue weighted by Gasteiger charge is 2.22. The molecule has 1 unspecified atom stereocenters. The lowest BCUT2D eigenvalue weighted by atomic mass is 10.1. The molecule has 0 aromatic carbocycles. The van der Waals surface area contributed by atoms with Crippen molar-refractivity contribution < 1.29 is 14.3 Å². The van der Waals surface area contributed by atoms with Gasteiger partial charge >= 0.3 is 5.69 Å². The van der Waals surface area contributed by atoms with Crippen molar-refractivity contribution in [2.45, 2.75) is 51.4 Å². The molecule has 0 fully saturated rings. The molecule has 174 valence electrons. The van der Waals surface area contributed by atoms with Gasteiger partial charge in [-0.2, -0.15) is 16.4 Å². The van der Waals surface area contributed by atoms with Crippen molar-refractivity contribution in [2.75, 3.05) is 31.8 Å². The van der Waals surface area contributed by atoms with Crippen molar-refractivity contribution in [3.05, 3.63) is 22.5 Å². The Balaban J connectivity index is 1.64. The van der Waals surface area contributed by atoms with Gasteiger partial charge in [0, 0.05) is 20.7 Å². The first kappa shape index (κ1) is 25.2. The van der Waals surface area contributed by atoms with E-state index in [1.807, 2.05) is 20.8 Å². The minimum atomic E-state index is -0.675. The number of hydrogen-bond acceptors (Lipinski definition) is 9. The van der Waals surface area contributed by atoms with E-state index in [9.17, 15) is 9.59 Å². The van der Waals surface area contributed by atoms with Crippen LogP contribution in [0.4, 0.5) is 0 Å². The third-order valence-corrected chi connectivity index (χ3v) is 5.97. The fraction of sp³-hybridized carbons (Fsp3) is 0.737.